The van der Waals surface area contributed by atoms with Crippen molar-refractivity contribution in [2.24, 2.45) is 16.5 Å². The lowest BCUT2D eigenvalue weighted by Gasteiger charge is -2.37. The summed E-state index contributed by atoms with van der Waals surface area (Å²) in [6, 6.07) is 0. The van der Waals surface area contributed by atoms with Gasteiger partial charge >= 0.3 is 0 Å². The summed E-state index contributed by atoms with van der Waals surface area (Å²) in [5.74, 6) is 0.549. The quantitative estimate of drug-likeness (QED) is 0.607. The van der Waals surface area contributed by atoms with E-state index in [1.807, 2.05) is 4.90 Å². The molecule has 1 aliphatic carbocycles. The van der Waals surface area contributed by atoms with Crippen LogP contribution in [0.15, 0.2) is 5.16 Å². The Labute approximate surface area is 109 Å². The first-order valence-electron chi connectivity index (χ1n) is 7.11. The van der Waals surface area contributed by atoms with Crippen LogP contribution in [0.5, 0.6) is 0 Å². The van der Waals surface area contributed by atoms with Crippen molar-refractivity contribution in [3.63, 3.8) is 0 Å². The van der Waals surface area contributed by atoms with Crippen molar-refractivity contribution in [3.05, 3.63) is 0 Å². The van der Waals surface area contributed by atoms with Gasteiger partial charge in [0.2, 0.25) is 5.91 Å². The number of oxime groups is 1. The first kappa shape index (κ1) is 13.4. The lowest BCUT2D eigenvalue weighted by Crippen LogP contribution is -2.48. The van der Waals surface area contributed by atoms with Crippen LogP contribution in [-0.2, 0) is 4.79 Å². The molecule has 1 N–H and O–H groups in total. The number of carbonyl (C=O) groups excluding carboxylic acids is 1. The molecule has 1 atom stereocenters. The monoisotopic (exact) mass is 252 g/mol. The second-order valence-electron chi connectivity index (χ2n) is 5.97. The van der Waals surface area contributed by atoms with Crippen molar-refractivity contribution in [2.45, 2.75) is 52.4 Å². The molecule has 2 rings (SSSR count). The Balaban J connectivity index is 2.04. The largest absolute Gasteiger partial charge is 0.411 e. The highest BCUT2D eigenvalue weighted by atomic mass is 16.4. The maximum absolute atomic E-state index is 12.6. The van der Waals surface area contributed by atoms with Gasteiger partial charge in [0.15, 0.2) is 0 Å². The number of amides is 1. The molecule has 4 heteroatoms. The molecule has 0 aromatic rings. The number of rotatable bonds is 2. The van der Waals surface area contributed by atoms with Crippen molar-refractivity contribution in [2.75, 3.05) is 13.1 Å². The summed E-state index contributed by atoms with van der Waals surface area (Å²) < 4.78 is 0. The Hall–Kier alpha value is -1.06. The predicted octanol–water partition coefficient (Wildman–Crippen LogP) is 2.66. The maximum Gasteiger partial charge on any atom is 0.228 e. The average molecular weight is 252 g/mol. The topological polar surface area (TPSA) is 52.9 Å². The van der Waals surface area contributed by atoms with Gasteiger partial charge in [-0.2, -0.15) is 0 Å². The predicted molar refractivity (Wildman–Crippen MR) is 70.8 cm³/mol. The van der Waals surface area contributed by atoms with Crippen molar-refractivity contribution in [1.82, 2.24) is 4.90 Å². The molecule has 1 saturated heterocycles. The van der Waals surface area contributed by atoms with Gasteiger partial charge in [0.1, 0.15) is 0 Å². The van der Waals surface area contributed by atoms with Crippen LogP contribution in [-0.4, -0.2) is 34.8 Å². The molecule has 4 nitrogen and oxygen atoms in total. The van der Waals surface area contributed by atoms with Crippen molar-refractivity contribution in [3.8, 4) is 0 Å². The molecule has 1 amide bonds. The molecule has 1 heterocycles. The van der Waals surface area contributed by atoms with Gasteiger partial charge in [0, 0.05) is 30.8 Å². The van der Waals surface area contributed by atoms with Crippen LogP contribution in [0.3, 0.4) is 0 Å². The second-order valence-corrected chi connectivity index (χ2v) is 5.97. The van der Waals surface area contributed by atoms with Crippen LogP contribution in [0, 0.1) is 11.3 Å². The van der Waals surface area contributed by atoms with E-state index in [1.165, 1.54) is 12.8 Å². The average Bonchev–Trinajstić information content (AvgIpc) is 2.85. The number of carbonyl (C=O) groups is 1. The van der Waals surface area contributed by atoms with Gasteiger partial charge < -0.3 is 10.1 Å². The Morgan fingerprint density at radius 2 is 2.17 bits per heavy atom. The molecular weight excluding hydrogens is 228 g/mol. The van der Waals surface area contributed by atoms with Gasteiger partial charge in [-0.3, -0.25) is 4.79 Å². The zero-order valence-electron chi connectivity index (χ0n) is 11.5. The Morgan fingerprint density at radius 3 is 2.72 bits per heavy atom. The SMILES string of the molecule is CCC1CN(C(=O)C2(C)CCCC2)CCC1=NO. The molecule has 1 saturated carbocycles. The van der Waals surface area contributed by atoms with E-state index in [2.05, 4.69) is 19.0 Å². The van der Waals surface area contributed by atoms with Gasteiger partial charge in [-0.15, -0.1) is 0 Å². The number of hydrogen-bond donors (Lipinski definition) is 1. The van der Waals surface area contributed by atoms with Gasteiger partial charge in [0.25, 0.3) is 0 Å². The number of hydrogen-bond acceptors (Lipinski definition) is 3. The molecule has 0 bridgehead atoms. The van der Waals surface area contributed by atoms with E-state index >= 15 is 0 Å². The minimum Gasteiger partial charge on any atom is -0.411 e. The Bertz CT molecular complexity index is 346. The third-order valence-corrected chi connectivity index (χ3v) is 4.68. The van der Waals surface area contributed by atoms with E-state index in [0.717, 1.165) is 37.9 Å². The second kappa shape index (κ2) is 5.29. The smallest absolute Gasteiger partial charge is 0.228 e. The molecule has 2 aliphatic rings. The van der Waals surface area contributed by atoms with E-state index in [4.69, 9.17) is 5.21 Å². The summed E-state index contributed by atoms with van der Waals surface area (Å²) in [6.07, 6.45) is 6.06. The minimum atomic E-state index is -0.133. The summed E-state index contributed by atoms with van der Waals surface area (Å²) in [5, 5.41) is 12.4. The van der Waals surface area contributed by atoms with Crippen LogP contribution in [0.1, 0.15) is 52.4 Å². The molecule has 0 spiro atoms. The van der Waals surface area contributed by atoms with Gasteiger partial charge in [-0.25, -0.2) is 0 Å². The lowest BCUT2D eigenvalue weighted by atomic mass is 9.85. The molecular formula is C14H24N2O2. The molecule has 0 aromatic heterocycles. The number of likely N-dealkylation sites (tertiary alicyclic amines) is 1. The highest BCUT2D eigenvalue weighted by Gasteiger charge is 2.40. The summed E-state index contributed by atoms with van der Waals surface area (Å²) >= 11 is 0. The van der Waals surface area contributed by atoms with Crippen LogP contribution >= 0.6 is 0 Å². The third-order valence-electron chi connectivity index (χ3n) is 4.68. The minimum absolute atomic E-state index is 0.133. The molecule has 0 aromatic carbocycles. The van der Waals surface area contributed by atoms with Gasteiger partial charge in [-0.05, 0) is 19.3 Å². The standard InChI is InChI=1S/C14H24N2O2/c1-3-11-10-16(9-6-12(11)15-18)13(17)14(2)7-4-5-8-14/h11,18H,3-10H2,1-2H3. The van der Waals surface area contributed by atoms with E-state index < -0.39 is 0 Å². The van der Waals surface area contributed by atoms with Crippen molar-refractivity contribution < 1.29 is 10.0 Å². The molecule has 18 heavy (non-hydrogen) atoms. The Morgan fingerprint density at radius 1 is 1.50 bits per heavy atom. The van der Waals surface area contributed by atoms with E-state index in [0.29, 0.717) is 12.5 Å². The molecule has 0 radical (unpaired) electrons. The van der Waals surface area contributed by atoms with Crippen LogP contribution in [0.4, 0.5) is 0 Å². The maximum atomic E-state index is 12.6. The van der Waals surface area contributed by atoms with Gasteiger partial charge in [-0.1, -0.05) is 31.8 Å². The number of nitrogens with zero attached hydrogens (tertiary/aromatic N) is 2. The van der Waals surface area contributed by atoms with E-state index in [1.54, 1.807) is 0 Å². The fourth-order valence-electron chi connectivity index (χ4n) is 3.35. The summed E-state index contributed by atoms with van der Waals surface area (Å²) in [7, 11) is 0. The van der Waals surface area contributed by atoms with Crippen LogP contribution in [0.2, 0.25) is 0 Å². The first-order valence-corrected chi connectivity index (χ1v) is 7.11. The highest BCUT2D eigenvalue weighted by molar-refractivity contribution is 5.90. The Kier molecular flexibility index (Phi) is 3.93. The summed E-state index contributed by atoms with van der Waals surface area (Å²) in [5.41, 5.74) is 0.727. The third kappa shape index (κ3) is 2.38. The molecule has 102 valence electrons. The van der Waals surface area contributed by atoms with Crippen LogP contribution < -0.4 is 0 Å². The lowest BCUT2D eigenvalue weighted by molar-refractivity contribution is -0.141. The summed E-state index contributed by atoms with van der Waals surface area (Å²) in [6.45, 7) is 5.63. The highest BCUT2D eigenvalue weighted by Crippen LogP contribution is 2.39. The molecule has 1 aliphatic heterocycles. The fourth-order valence-corrected chi connectivity index (χ4v) is 3.35. The molecule has 2 fully saturated rings. The number of piperidine rings is 1. The normalized spacial score (nSPS) is 29.8. The first-order chi connectivity index (χ1) is 8.60. The van der Waals surface area contributed by atoms with Gasteiger partial charge in [0.05, 0.1) is 5.71 Å². The molecule has 1 unspecified atom stereocenters. The summed E-state index contributed by atoms with van der Waals surface area (Å²) in [4.78, 5) is 14.6. The van der Waals surface area contributed by atoms with E-state index in [-0.39, 0.29) is 11.3 Å². The van der Waals surface area contributed by atoms with Crippen LogP contribution in [0.25, 0.3) is 0 Å². The van der Waals surface area contributed by atoms with E-state index in [9.17, 15) is 4.79 Å². The van der Waals surface area contributed by atoms with Crippen molar-refractivity contribution in [1.29, 1.82) is 0 Å². The van der Waals surface area contributed by atoms with Crippen molar-refractivity contribution >= 4 is 11.6 Å². The fraction of sp³-hybridized carbons (Fsp3) is 0.857. The zero-order valence-corrected chi connectivity index (χ0v) is 11.5. The zero-order chi connectivity index (χ0) is 13.2.